The summed E-state index contributed by atoms with van der Waals surface area (Å²) in [5.74, 6) is 0.922. The van der Waals surface area contributed by atoms with Gasteiger partial charge in [-0.2, -0.15) is 0 Å². The zero-order valence-electron chi connectivity index (χ0n) is 12.3. The Hall–Kier alpha value is -0.780. The Morgan fingerprint density at radius 3 is 2.95 bits per heavy atom. The van der Waals surface area contributed by atoms with Gasteiger partial charge in [-0.05, 0) is 44.2 Å². The van der Waals surface area contributed by atoms with E-state index in [1.165, 1.54) is 21.8 Å². The molecule has 0 fully saturated rings. The first-order valence-electron chi connectivity index (χ1n) is 6.99. The van der Waals surface area contributed by atoms with E-state index in [9.17, 15) is 0 Å². The number of nitrogens with zero attached hydrogens (tertiary/aromatic N) is 1. The fourth-order valence-corrected chi connectivity index (χ4v) is 5.57. The van der Waals surface area contributed by atoms with E-state index in [4.69, 9.17) is 4.52 Å². The molecule has 1 aliphatic rings. The van der Waals surface area contributed by atoms with E-state index in [0.29, 0.717) is 11.3 Å². The highest BCUT2D eigenvalue weighted by molar-refractivity contribution is 8.01. The lowest BCUT2D eigenvalue weighted by Crippen LogP contribution is -2.29. The van der Waals surface area contributed by atoms with Crippen LogP contribution in [-0.2, 0) is 0 Å². The molecule has 2 aromatic rings. The summed E-state index contributed by atoms with van der Waals surface area (Å²) in [4.78, 5) is 0. The van der Waals surface area contributed by atoms with Crippen LogP contribution in [0.1, 0.15) is 54.9 Å². The third kappa shape index (κ3) is 2.54. The first kappa shape index (κ1) is 14.2. The maximum absolute atomic E-state index is 5.29. The van der Waals surface area contributed by atoms with Gasteiger partial charge in [-0.15, -0.1) is 23.1 Å². The third-order valence-corrected chi connectivity index (χ3v) is 6.23. The summed E-state index contributed by atoms with van der Waals surface area (Å²) in [6.45, 7) is 8.51. The second kappa shape index (κ2) is 5.54. The normalized spacial score (nSPS) is 23.6. The molecule has 20 heavy (non-hydrogen) atoms. The van der Waals surface area contributed by atoms with Gasteiger partial charge in [-0.3, -0.25) is 0 Å². The molecule has 3 nitrogen and oxygen atoms in total. The lowest BCUT2D eigenvalue weighted by molar-refractivity contribution is 0.387. The van der Waals surface area contributed by atoms with Crippen LogP contribution in [0.4, 0.5) is 0 Å². The number of thiophene rings is 1. The average Bonchev–Trinajstić information content (AvgIpc) is 2.96. The molecule has 1 N–H and O–H groups in total. The van der Waals surface area contributed by atoms with Gasteiger partial charge >= 0.3 is 0 Å². The molecule has 5 heteroatoms. The van der Waals surface area contributed by atoms with Gasteiger partial charge in [-0.1, -0.05) is 12.1 Å². The summed E-state index contributed by atoms with van der Waals surface area (Å²) >= 11 is 3.86. The number of fused-ring (bicyclic) bond motifs is 1. The molecule has 108 valence electrons. The molecule has 3 rings (SSSR count). The van der Waals surface area contributed by atoms with Crippen molar-refractivity contribution in [2.75, 3.05) is 0 Å². The number of rotatable bonds is 3. The van der Waals surface area contributed by atoms with Crippen molar-refractivity contribution in [3.8, 4) is 0 Å². The van der Waals surface area contributed by atoms with Gasteiger partial charge in [0.25, 0.3) is 0 Å². The number of thioether (sulfide) groups is 1. The minimum atomic E-state index is 0.259. The van der Waals surface area contributed by atoms with E-state index < -0.39 is 0 Å². The minimum Gasteiger partial charge on any atom is -0.361 e. The van der Waals surface area contributed by atoms with Crippen molar-refractivity contribution in [1.29, 1.82) is 0 Å². The molecule has 0 saturated carbocycles. The van der Waals surface area contributed by atoms with Crippen LogP contribution in [-0.4, -0.2) is 10.4 Å². The average molecular weight is 308 g/mol. The number of hydrogen-bond acceptors (Lipinski definition) is 5. The zero-order chi connectivity index (χ0) is 14.3. The topological polar surface area (TPSA) is 38.1 Å². The first-order chi connectivity index (χ1) is 9.56. The van der Waals surface area contributed by atoms with Crippen LogP contribution < -0.4 is 5.32 Å². The summed E-state index contributed by atoms with van der Waals surface area (Å²) in [5, 5.41) is 10.7. The maximum Gasteiger partial charge on any atom is 0.138 e. The molecule has 0 saturated heterocycles. The Balaban J connectivity index is 1.82. The summed E-state index contributed by atoms with van der Waals surface area (Å²) < 4.78 is 6.75. The number of aryl methyl sites for hydroxylation is 2. The second-order valence-electron chi connectivity index (χ2n) is 5.51. The monoisotopic (exact) mass is 308 g/mol. The molecule has 0 amide bonds. The lowest BCUT2D eigenvalue weighted by Gasteiger charge is -2.30. The molecule has 0 bridgehead atoms. The van der Waals surface area contributed by atoms with Gasteiger partial charge in [0, 0.05) is 22.9 Å². The number of aromatic nitrogens is 1. The zero-order valence-corrected chi connectivity index (χ0v) is 13.9. The number of hydrogen-bond donors (Lipinski definition) is 1. The van der Waals surface area contributed by atoms with Crippen LogP contribution in [0.2, 0.25) is 0 Å². The van der Waals surface area contributed by atoms with E-state index in [-0.39, 0.29) is 6.04 Å². The largest absolute Gasteiger partial charge is 0.361 e. The van der Waals surface area contributed by atoms with E-state index >= 15 is 0 Å². The molecule has 2 aromatic heterocycles. The summed E-state index contributed by atoms with van der Waals surface area (Å²) in [5.41, 5.74) is 3.65. The van der Waals surface area contributed by atoms with E-state index in [1.54, 1.807) is 0 Å². The van der Waals surface area contributed by atoms with Gasteiger partial charge in [0.15, 0.2) is 0 Å². The van der Waals surface area contributed by atoms with Crippen molar-refractivity contribution >= 4 is 23.1 Å². The van der Waals surface area contributed by atoms with E-state index in [1.807, 2.05) is 36.9 Å². The molecule has 3 atom stereocenters. The van der Waals surface area contributed by atoms with Gasteiger partial charge in [0.05, 0.1) is 9.90 Å². The van der Waals surface area contributed by atoms with Crippen LogP contribution in [0.3, 0.4) is 0 Å². The van der Waals surface area contributed by atoms with Crippen LogP contribution in [0, 0.1) is 13.8 Å². The fourth-order valence-electron chi connectivity index (χ4n) is 3.00. The van der Waals surface area contributed by atoms with Crippen molar-refractivity contribution in [1.82, 2.24) is 10.5 Å². The Morgan fingerprint density at radius 1 is 1.45 bits per heavy atom. The maximum atomic E-state index is 5.29. The summed E-state index contributed by atoms with van der Waals surface area (Å²) in [6.07, 6.45) is 1.17. The van der Waals surface area contributed by atoms with Crippen molar-refractivity contribution in [3.05, 3.63) is 34.0 Å². The van der Waals surface area contributed by atoms with Gasteiger partial charge in [0.2, 0.25) is 0 Å². The predicted molar refractivity (Wildman–Crippen MR) is 84.5 cm³/mol. The van der Waals surface area contributed by atoms with Gasteiger partial charge < -0.3 is 9.84 Å². The summed E-state index contributed by atoms with van der Waals surface area (Å²) in [7, 11) is 0. The van der Waals surface area contributed by atoms with Gasteiger partial charge in [0.1, 0.15) is 5.76 Å². The van der Waals surface area contributed by atoms with Crippen LogP contribution in [0.5, 0.6) is 0 Å². The standard InChI is InChI=1S/C15H20N2OS2/c1-8-7-13(12-5-6-19-15(12)20-8)16-9(2)14-10(3)17-18-11(14)4/h5-6,8-9,13,16H,7H2,1-4H3/t8-,9?,13?/m0/s1. The van der Waals surface area contributed by atoms with Crippen molar-refractivity contribution in [2.45, 2.75) is 55.7 Å². The SMILES string of the molecule is Cc1noc(C)c1C(C)NC1C[C@H](C)Sc2sccc21. The molecule has 0 aromatic carbocycles. The van der Waals surface area contributed by atoms with Crippen LogP contribution in [0.25, 0.3) is 0 Å². The van der Waals surface area contributed by atoms with Crippen molar-refractivity contribution in [3.63, 3.8) is 0 Å². The molecular formula is C15H20N2OS2. The quantitative estimate of drug-likeness (QED) is 0.897. The van der Waals surface area contributed by atoms with Crippen LogP contribution in [0.15, 0.2) is 20.2 Å². The smallest absolute Gasteiger partial charge is 0.138 e. The Bertz CT molecular complexity index is 585. The Kier molecular flexibility index (Phi) is 3.93. The molecule has 0 spiro atoms. The second-order valence-corrected chi connectivity index (χ2v) is 8.13. The molecule has 0 radical (unpaired) electrons. The van der Waals surface area contributed by atoms with E-state index in [2.05, 4.69) is 35.8 Å². The van der Waals surface area contributed by atoms with Crippen molar-refractivity contribution in [2.24, 2.45) is 0 Å². The highest BCUT2D eigenvalue weighted by Gasteiger charge is 2.28. The minimum absolute atomic E-state index is 0.259. The van der Waals surface area contributed by atoms with Crippen LogP contribution >= 0.6 is 23.1 Å². The summed E-state index contributed by atoms with van der Waals surface area (Å²) in [6, 6.07) is 2.95. The molecule has 3 heterocycles. The van der Waals surface area contributed by atoms with Crippen molar-refractivity contribution < 1.29 is 4.52 Å². The number of nitrogens with one attached hydrogen (secondary N) is 1. The Labute approximate surface area is 128 Å². The fraction of sp³-hybridized carbons (Fsp3) is 0.533. The molecule has 1 aliphatic heterocycles. The molecular weight excluding hydrogens is 288 g/mol. The Morgan fingerprint density at radius 2 is 2.25 bits per heavy atom. The van der Waals surface area contributed by atoms with E-state index in [0.717, 1.165) is 11.5 Å². The predicted octanol–water partition coefficient (Wildman–Crippen LogP) is 4.63. The highest BCUT2D eigenvalue weighted by Crippen LogP contribution is 2.44. The molecule has 0 aliphatic carbocycles. The first-order valence-corrected chi connectivity index (χ1v) is 8.75. The lowest BCUT2D eigenvalue weighted by atomic mass is 10.0. The molecule has 2 unspecified atom stereocenters. The van der Waals surface area contributed by atoms with Gasteiger partial charge in [-0.25, -0.2) is 0 Å². The highest BCUT2D eigenvalue weighted by atomic mass is 32.2. The third-order valence-electron chi connectivity index (χ3n) is 3.88.